The minimum atomic E-state index is -0.133. The van der Waals surface area contributed by atoms with Gasteiger partial charge in [-0.3, -0.25) is 9.59 Å². The van der Waals surface area contributed by atoms with E-state index >= 15 is 0 Å². The Bertz CT molecular complexity index is 297. The Morgan fingerprint density at radius 3 is 2.33 bits per heavy atom. The van der Waals surface area contributed by atoms with E-state index in [0.717, 1.165) is 12.8 Å². The van der Waals surface area contributed by atoms with E-state index < -0.39 is 0 Å². The lowest BCUT2D eigenvalue weighted by molar-refractivity contribution is -0.136. The molecule has 1 rings (SSSR count). The van der Waals surface area contributed by atoms with E-state index in [9.17, 15) is 9.59 Å². The van der Waals surface area contributed by atoms with Crippen molar-refractivity contribution in [2.75, 3.05) is 13.1 Å². The van der Waals surface area contributed by atoms with Crippen molar-refractivity contribution in [3.05, 3.63) is 0 Å². The average Bonchev–Trinajstić information content (AvgIpc) is 2.37. The third-order valence-electron chi connectivity index (χ3n) is 3.67. The lowest BCUT2D eigenvalue weighted by atomic mass is 9.99. The van der Waals surface area contributed by atoms with E-state index in [1.54, 1.807) is 0 Å². The van der Waals surface area contributed by atoms with Gasteiger partial charge in [0.15, 0.2) is 0 Å². The number of likely N-dealkylation sites (tertiary alicyclic amines) is 1. The molecule has 0 spiro atoms. The fraction of sp³-hybridized carbons (Fsp3) is 0.846. The normalized spacial score (nSPS) is 20.3. The zero-order valence-electron chi connectivity index (χ0n) is 11.6. The van der Waals surface area contributed by atoms with E-state index in [-0.39, 0.29) is 29.8 Å². The molecule has 0 radical (unpaired) electrons. The van der Waals surface area contributed by atoms with Crippen LogP contribution in [0, 0.1) is 5.92 Å². The van der Waals surface area contributed by atoms with Gasteiger partial charge in [0, 0.05) is 31.6 Å². The van der Waals surface area contributed by atoms with Crippen molar-refractivity contribution in [1.82, 2.24) is 10.2 Å². The highest BCUT2D eigenvalue weighted by molar-refractivity contribution is 5.79. The highest BCUT2D eigenvalue weighted by Gasteiger charge is 2.27. The SMILES string of the molecule is CCC(=O)NC1CCN(C(=O)C(C)C(C)N)CC1. The van der Waals surface area contributed by atoms with Gasteiger partial charge in [0.2, 0.25) is 11.8 Å². The number of hydrogen-bond donors (Lipinski definition) is 2. The summed E-state index contributed by atoms with van der Waals surface area (Å²) in [5.74, 6) is 0.0841. The molecule has 0 aliphatic carbocycles. The monoisotopic (exact) mass is 255 g/mol. The molecule has 5 heteroatoms. The second-order valence-corrected chi connectivity index (χ2v) is 5.17. The Morgan fingerprint density at radius 1 is 1.33 bits per heavy atom. The molecule has 2 amide bonds. The number of rotatable bonds is 4. The fourth-order valence-electron chi connectivity index (χ4n) is 2.09. The number of carbonyl (C=O) groups is 2. The summed E-state index contributed by atoms with van der Waals surface area (Å²) < 4.78 is 0. The zero-order valence-corrected chi connectivity index (χ0v) is 11.6. The summed E-state index contributed by atoms with van der Waals surface area (Å²) in [6.07, 6.45) is 2.19. The number of hydrogen-bond acceptors (Lipinski definition) is 3. The van der Waals surface area contributed by atoms with Crippen molar-refractivity contribution in [1.29, 1.82) is 0 Å². The molecule has 1 aliphatic rings. The highest BCUT2D eigenvalue weighted by Crippen LogP contribution is 2.14. The maximum absolute atomic E-state index is 12.1. The van der Waals surface area contributed by atoms with Crippen LogP contribution in [0.5, 0.6) is 0 Å². The van der Waals surface area contributed by atoms with Gasteiger partial charge >= 0.3 is 0 Å². The first kappa shape index (κ1) is 15.0. The van der Waals surface area contributed by atoms with Crippen molar-refractivity contribution < 1.29 is 9.59 Å². The summed E-state index contributed by atoms with van der Waals surface area (Å²) in [4.78, 5) is 25.2. The lowest BCUT2D eigenvalue weighted by Gasteiger charge is -2.34. The lowest BCUT2D eigenvalue weighted by Crippen LogP contribution is -2.49. The molecule has 18 heavy (non-hydrogen) atoms. The summed E-state index contributed by atoms with van der Waals surface area (Å²) in [6.45, 7) is 7.00. The van der Waals surface area contributed by atoms with Crippen molar-refractivity contribution in [2.45, 2.75) is 52.1 Å². The van der Waals surface area contributed by atoms with Crippen LogP contribution in [-0.2, 0) is 9.59 Å². The van der Waals surface area contributed by atoms with Crippen LogP contribution >= 0.6 is 0 Å². The number of carbonyl (C=O) groups excluding carboxylic acids is 2. The van der Waals surface area contributed by atoms with Gasteiger partial charge in [-0.25, -0.2) is 0 Å². The van der Waals surface area contributed by atoms with Gasteiger partial charge in [0.05, 0.1) is 5.92 Å². The molecule has 0 saturated carbocycles. The predicted molar refractivity (Wildman–Crippen MR) is 70.8 cm³/mol. The molecule has 0 aromatic heterocycles. The topological polar surface area (TPSA) is 75.4 Å². The van der Waals surface area contributed by atoms with E-state index in [2.05, 4.69) is 5.32 Å². The first-order valence-corrected chi connectivity index (χ1v) is 6.79. The first-order chi connectivity index (χ1) is 8.45. The van der Waals surface area contributed by atoms with Crippen molar-refractivity contribution in [3.8, 4) is 0 Å². The molecular weight excluding hydrogens is 230 g/mol. The second kappa shape index (κ2) is 6.73. The van der Waals surface area contributed by atoms with Crippen molar-refractivity contribution in [3.63, 3.8) is 0 Å². The first-order valence-electron chi connectivity index (χ1n) is 6.79. The maximum atomic E-state index is 12.1. The Labute approximate surface area is 109 Å². The summed E-state index contributed by atoms with van der Waals surface area (Å²) in [6, 6.07) is 0.0992. The molecule has 0 aromatic rings. The second-order valence-electron chi connectivity index (χ2n) is 5.17. The van der Waals surface area contributed by atoms with Gasteiger partial charge < -0.3 is 16.0 Å². The molecule has 2 unspecified atom stereocenters. The Balaban J connectivity index is 2.39. The van der Waals surface area contributed by atoms with Crippen molar-refractivity contribution >= 4 is 11.8 Å². The van der Waals surface area contributed by atoms with E-state index in [1.165, 1.54) is 0 Å². The van der Waals surface area contributed by atoms with E-state index in [1.807, 2.05) is 25.7 Å². The van der Waals surface area contributed by atoms with Crippen molar-refractivity contribution in [2.24, 2.45) is 11.7 Å². The minimum Gasteiger partial charge on any atom is -0.353 e. The third kappa shape index (κ3) is 3.98. The van der Waals surface area contributed by atoms with Gasteiger partial charge in [-0.05, 0) is 19.8 Å². The van der Waals surface area contributed by atoms with Crippen LogP contribution in [0.15, 0.2) is 0 Å². The van der Waals surface area contributed by atoms with Gasteiger partial charge in [0.25, 0.3) is 0 Å². The summed E-state index contributed by atoms with van der Waals surface area (Å²) in [7, 11) is 0. The molecule has 5 nitrogen and oxygen atoms in total. The summed E-state index contributed by atoms with van der Waals surface area (Å²) in [5, 5.41) is 2.98. The van der Waals surface area contributed by atoms with E-state index in [0.29, 0.717) is 19.5 Å². The fourth-order valence-corrected chi connectivity index (χ4v) is 2.09. The molecule has 1 aliphatic heterocycles. The largest absolute Gasteiger partial charge is 0.353 e. The average molecular weight is 255 g/mol. The summed E-state index contributed by atoms with van der Waals surface area (Å²) in [5.41, 5.74) is 5.75. The number of nitrogens with one attached hydrogen (secondary N) is 1. The maximum Gasteiger partial charge on any atom is 0.226 e. The quantitative estimate of drug-likeness (QED) is 0.767. The Kier molecular flexibility index (Phi) is 5.59. The van der Waals surface area contributed by atoms with Gasteiger partial charge in [0.1, 0.15) is 0 Å². The van der Waals surface area contributed by atoms with Crippen LogP contribution < -0.4 is 11.1 Å². The molecule has 1 saturated heterocycles. The molecule has 2 atom stereocenters. The van der Waals surface area contributed by atoms with Crippen LogP contribution in [-0.4, -0.2) is 41.9 Å². The van der Waals surface area contributed by atoms with Crippen LogP contribution in [0.2, 0.25) is 0 Å². The highest BCUT2D eigenvalue weighted by atomic mass is 16.2. The molecule has 104 valence electrons. The van der Waals surface area contributed by atoms with Gasteiger partial charge in [-0.2, -0.15) is 0 Å². The molecular formula is C13H25N3O2. The molecule has 1 heterocycles. The number of piperidine rings is 1. The molecule has 3 N–H and O–H groups in total. The zero-order chi connectivity index (χ0) is 13.7. The van der Waals surface area contributed by atoms with Crippen LogP contribution in [0.25, 0.3) is 0 Å². The van der Waals surface area contributed by atoms with Crippen LogP contribution in [0.4, 0.5) is 0 Å². The number of nitrogens with two attached hydrogens (primary N) is 1. The Hall–Kier alpha value is -1.10. The standard InChI is InChI=1S/C13H25N3O2/c1-4-12(17)15-11-5-7-16(8-6-11)13(18)9(2)10(3)14/h9-11H,4-8,14H2,1-3H3,(H,15,17). The smallest absolute Gasteiger partial charge is 0.226 e. The van der Waals surface area contributed by atoms with Crippen LogP contribution in [0.1, 0.15) is 40.0 Å². The third-order valence-corrected chi connectivity index (χ3v) is 3.67. The molecule has 0 aromatic carbocycles. The van der Waals surface area contributed by atoms with Gasteiger partial charge in [-0.1, -0.05) is 13.8 Å². The van der Waals surface area contributed by atoms with Gasteiger partial charge in [-0.15, -0.1) is 0 Å². The molecule has 1 fully saturated rings. The molecule has 0 bridgehead atoms. The number of amides is 2. The van der Waals surface area contributed by atoms with Crippen LogP contribution in [0.3, 0.4) is 0 Å². The number of nitrogens with zero attached hydrogens (tertiary/aromatic N) is 1. The summed E-state index contributed by atoms with van der Waals surface area (Å²) >= 11 is 0. The Morgan fingerprint density at radius 2 is 1.89 bits per heavy atom. The van der Waals surface area contributed by atoms with E-state index in [4.69, 9.17) is 5.73 Å². The predicted octanol–water partition coefficient (Wildman–Crippen LogP) is 0.487. The minimum absolute atomic E-state index is 0.0868.